The van der Waals surface area contributed by atoms with Crippen LogP contribution in [-0.4, -0.2) is 32.2 Å². The Morgan fingerprint density at radius 1 is 0.667 bits per heavy atom. The molecule has 0 unspecified atom stereocenters. The first-order valence-electron chi connectivity index (χ1n) is 5.91. The van der Waals surface area contributed by atoms with Crippen LogP contribution in [-0.2, 0) is 0 Å². The molecule has 0 bridgehead atoms. The molecule has 2 aliphatic rings. The van der Waals surface area contributed by atoms with Crippen molar-refractivity contribution in [2.75, 3.05) is 23.0 Å². The maximum Gasteiger partial charge on any atom is 0.0502 e. The molecule has 2 heterocycles. The molecule has 0 nitrogen and oxygen atoms in total. The summed E-state index contributed by atoms with van der Waals surface area (Å²) in [5.41, 5.74) is 0. The third-order valence-electron chi connectivity index (χ3n) is 2.67. The molecule has 15 heavy (non-hydrogen) atoms. The van der Waals surface area contributed by atoms with E-state index in [-0.39, 0.29) is 0 Å². The Kier molecular flexibility index (Phi) is 6.57. The number of thioether (sulfide) groups is 4. The summed E-state index contributed by atoms with van der Waals surface area (Å²) >= 11 is 8.80. The molecular formula is C11H20S4. The van der Waals surface area contributed by atoms with Crippen LogP contribution in [0.15, 0.2) is 0 Å². The Morgan fingerprint density at radius 3 is 1.47 bits per heavy atom. The highest BCUT2D eigenvalue weighted by molar-refractivity contribution is 8.18. The van der Waals surface area contributed by atoms with E-state index in [4.69, 9.17) is 0 Å². The van der Waals surface area contributed by atoms with Crippen LogP contribution in [0.2, 0.25) is 0 Å². The minimum Gasteiger partial charge on any atom is -0.148 e. The molecule has 2 aliphatic heterocycles. The van der Waals surface area contributed by atoms with E-state index in [1.54, 1.807) is 0 Å². The van der Waals surface area contributed by atoms with Crippen molar-refractivity contribution in [3.05, 3.63) is 0 Å². The molecule has 88 valence electrons. The van der Waals surface area contributed by atoms with Gasteiger partial charge in [-0.15, -0.1) is 47.0 Å². The summed E-state index contributed by atoms with van der Waals surface area (Å²) in [5.74, 6) is 5.63. The van der Waals surface area contributed by atoms with E-state index in [0.29, 0.717) is 0 Å². The lowest BCUT2D eigenvalue weighted by molar-refractivity contribution is 0.750. The summed E-state index contributed by atoms with van der Waals surface area (Å²) in [7, 11) is 0. The van der Waals surface area contributed by atoms with Gasteiger partial charge in [-0.25, -0.2) is 0 Å². The highest BCUT2D eigenvalue weighted by atomic mass is 32.2. The first-order chi connectivity index (χ1) is 7.45. The lowest BCUT2D eigenvalue weighted by atomic mass is 10.3. The third-order valence-corrected chi connectivity index (χ3v) is 8.83. The van der Waals surface area contributed by atoms with Crippen molar-refractivity contribution in [1.29, 1.82) is 0 Å². The molecule has 0 aromatic carbocycles. The van der Waals surface area contributed by atoms with Gasteiger partial charge in [0.15, 0.2) is 0 Å². The highest BCUT2D eigenvalue weighted by Crippen LogP contribution is 2.37. The van der Waals surface area contributed by atoms with E-state index >= 15 is 0 Å². The number of rotatable bonds is 4. The van der Waals surface area contributed by atoms with Crippen molar-refractivity contribution in [3.63, 3.8) is 0 Å². The van der Waals surface area contributed by atoms with Crippen LogP contribution in [0.5, 0.6) is 0 Å². The van der Waals surface area contributed by atoms with E-state index < -0.39 is 0 Å². The molecule has 0 atom stereocenters. The summed E-state index contributed by atoms with van der Waals surface area (Å²) in [4.78, 5) is 0. The Labute approximate surface area is 111 Å². The van der Waals surface area contributed by atoms with Gasteiger partial charge in [-0.05, 0) is 55.1 Å². The third kappa shape index (κ3) is 5.05. The fourth-order valence-electron chi connectivity index (χ4n) is 1.86. The van der Waals surface area contributed by atoms with Gasteiger partial charge in [0.05, 0.1) is 9.16 Å². The SMILES string of the molecule is C1CSC(CCCC2SCCCS2)SC1. The fraction of sp³-hybridized carbons (Fsp3) is 1.00. The smallest absolute Gasteiger partial charge is 0.0502 e. The van der Waals surface area contributed by atoms with Crippen LogP contribution in [0.3, 0.4) is 0 Å². The highest BCUT2D eigenvalue weighted by Gasteiger charge is 2.17. The Bertz CT molecular complexity index is 144. The van der Waals surface area contributed by atoms with Crippen LogP contribution in [0.4, 0.5) is 0 Å². The van der Waals surface area contributed by atoms with Crippen LogP contribution in [0, 0.1) is 0 Å². The van der Waals surface area contributed by atoms with Gasteiger partial charge in [-0.1, -0.05) is 0 Å². The summed E-state index contributed by atoms with van der Waals surface area (Å²) in [6.45, 7) is 0. The van der Waals surface area contributed by atoms with Crippen molar-refractivity contribution in [2.45, 2.75) is 41.3 Å². The van der Waals surface area contributed by atoms with Gasteiger partial charge in [0.1, 0.15) is 0 Å². The maximum atomic E-state index is 2.20. The zero-order valence-corrected chi connectivity index (χ0v) is 12.4. The summed E-state index contributed by atoms with van der Waals surface area (Å²) in [6, 6.07) is 0. The van der Waals surface area contributed by atoms with Gasteiger partial charge in [0.25, 0.3) is 0 Å². The second kappa shape index (κ2) is 7.67. The summed E-state index contributed by atoms with van der Waals surface area (Å²) in [5, 5.41) is 0. The predicted molar refractivity (Wildman–Crippen MR) is 80.5 cm³/mol. The molecule has 2 saturated heterocycles. The minimum atomic E-state index is 0.928. The number of hydrogen-bond donors (Lipinski definition) is 0. The molecular weight excluding hydrogens is 260 g/mol. The molecule has 0 radical (unpaired) electrons. The second-order valence-corrected chi connectivity index (χ2v) is 9.82. The Morgan fingerprint density at radius 2 is 1.07 bits per heavy atom. The van der Waals surface area contributed by atoms with Crippen LogP contribution in [0.1, 0.15) is 32.1 Å². The van der Waals surface area contributed by atoms with Gasteiger partial charge in [0.2, 0.25) is 0 Å². The molecule has 2 rings (SSSR count). The van der Waals surface area contributed by atoms with Crippen LogP contribution >= 0.6 is 47.0 Å². The van der Waals surface area contributed by atoms with Crippen molar-refractivity contribution in [1.82, 2.24) is 0 Å². The van der Waals surface area contributed by atoms with Crippen LogP contribution < -0.4 is 0 Å². The van der Waals surface area contributed by atoms with Crippen molar-refractivity contribution < 1.29 is 0 Å². The standard InChI is InChI=1S/C11H20S4/c1(4-10-12-6-2-7-13-10)5-11-14-8-3-9-15-11/h10-11H,1-9H2. The molecule has 0 aliphatic carbocycles. The largest absolute Gasteiger partial charge is 0.148 e. The average molecular weight is 281 g/mol. The van der Waals surface area contributed by atoms with E-state index in [0.717, 1.165) is 9.16 Å². The van der Waals surface area contributed by atoms with E-state index in [9.17, 15) is 0 Å². The molecule has 0 saturated carbocycles. The van der Waals surface area contributed by atoms with Gasteiger partial charge >= 0.3 is 0 Å². The van der Waals surface area contributed by atoms with E-state index in [1.165, 1.54) is 55.1 Å². The molecule has 0 spiro atoms. The van der Waals surface area contributed by atoms with Crippen LogP contribution in [0.25, 0.3) is 0 Å². The Balaban J connectivity index is 1.53. The molecule has 0 N–H and O–H groups in total. The average Bonchev–Trinajstić information content (AvgIpc) is 2.32. The van der Waals surface area contributed by atoms with E-state index in [2.05, 4.69) is 47.0 Å². The summed E-state index contributed by atoms with van der Waals surface area (Å²) in [6.07, 6.45) is 7.22. The minimum absolute atomic E-state index is 0.928. The number of hydrogen-bond acceptors (Lipinski definition) is 4. The zero-order chi connectivity index (χ0) is 10.3. The molecule has 2 fully saturated rings. The fourth-order valence-corrected chi connectivity index (χ4v) is 7.78. The van der Waals surface area contributed by atoms with Crippen molar-refractivity contribution in [3.8, 4) is 0 Å². The molecule has 0 aromatic heterocycles. The molecule has 0 aromatic rings. The second-order valence-electron chi connectivity index (χ2n) is 3.98. The van der Waals surface area contributed by atoms with Crippen molar-refractivity contribution in [2.24, 2.45) is 0 Å². The lowest BCUT2D eigenvalue weighted by Crippen LogP contribution is -2.09. The van der Waals surface area contributed by atoms with Gasteiger partial charge in [-0.2, -0.15) is 0 Å². The van der Waals surface area contributed by atoms with Gasteiger partial charge < -0.3 is 0 Å². The Hall–Kier alpha value is 1.40. The predicted octanol–water partition coefficient (Wildman–Crippen LogP) is 4.55. The van der Waals surface area contributed by atoms with Gasteiger partial charge in [-0.3, -0.25) is 0 Å². The first-order valence-corrected chi connectivity index (χ1v) is 10.1. The normalized spacial score (nSPS) is 25.6. The summed E-state index contributed by atoms with van der Waals surface area (Å²) < 4.78 is 1.86. The first kappa shape index (κ1) is 12.8. The quantitative estimate of drug-likeness (QED) is 0.740. The maximum absolute atomic E-state index is 2.20. The molecule has 4 heteroatoms. The zero-order valence-electron chi connectivity index (χ0n) is 9.15. The topological polar surface area (TPSA) is 0 Å². The van der Waals surface area contributed by atoms with E-state index in [1.807, 2.05) is 0 Å². The monoisotopic (exact) mass is 280 g/mol. The lowest BCUT2D eigenvalue weighted by Gasteiger charge is -2.23. The molecule has 0 amide bonds. The van der Waals surface area contributed by atoms with Gasteiger partial charge in [0, 0.05) is 0 Å². The van der Waals surface area contributed by atoms with Crippen molar-refractivity contribution >= 4 is 47.0 Å².